The van der Waals surface area contributed by atoms with Crippen molar-refractivity contribution < 1.29 is 4.79 Å². The highest BCUT2D eigenvalue weighted by Crippen LogP contribution is 2.26. The van der Waals surface area contributed by atoms with Crippen LogP contribution in [0.2, 0.25) is 0 Å². The molecular weight excluding hydrogens is 290 g/mol. The highest BCUT2D eigenvalue weighted by atomic mass is 16.2. The standard InChI is InChI=1S/C17H17N5O/c23-17(22-10-8-18-9-11-22)16-5-4-15(20-21-16)12-2-1-3-14-13(12)6-7-19-14/h1-7,18-19H,8-11H2. The van der Waals surface area contributed by atoms with E-state index in [0.717, 1.165) is 35.2 Å². The van der Waals surface area contributed by atoms with Crippen LogP contribution in [0, 0.1) is 0 Å². The minimum atomic E-state index is -0.0506. The molecule has 2 aromatic heterocycles. The predicted octanol–water partition coefficient (Wildman–Crippen LogP) is 1.67. The number of benzene rings is 1. The Kier molecular flexibility index (Phi) is 3.51. The molecule has 3 heterocycles. The van der Waals surface area contributed by atoms with E-state index in [0.29, 0.717) is 18.8 Å². The molecular formula is C17H17N5O. The van der Waals surface area contributed by atoms with Gasteiger partial charge in [-0.3, -0.25) is 4.79 Å². The molecule has 0 aliphatic carbocycles. The minimum Gasteiger partial charge on any atom is -0.361 e. The summed E-state index contributed by atoms with van der Waals surface area (Å²) in [7, 11) is 0. The molecule has 1 amide bonds. The van der Waals surface area contributed by atoms with E-state index >= 15 is 0 Å². The van der Waals surface area contributed by atoms with Crippen molar-refractivity contribution in [2.75, 3.05) is 26.2 Å². The topological polar surface area (TPSA) is 73.9 Å². The summed E-state index contributed by atoms with van der Waals surface area (Å²) in [4.78, 5) is 17.4. The van der Waals surface area contributed by atoms with E-state index < -0.39 is 0 Å². The van der Waals surface area contributed by atoms with Crippen LogP contribution in [-0.4, -0.2) is 52.2 Å². The number of amides is 1. The minimum absolute atomic E-state index is 0.0506. The Balaban J connectivity index is 1.63. The van der Waals surface area contributed by atoms with Crippen LogP contribution in [0.1, 0.15) is 10.5 Å². The first-order valence-electron chi connectivity index (χ1n) is 7.73. The maximum atomic E-state index is 12.4. The molecule has 4 rings (SSSR count). The second-order valence-corrected chi connectivity index (χ2v) is 5.59. The summed E-state index contributed by atoms with van der Waals surface area (Å²) in [6.07, 6.45) is 1.91. The molecule has 6 nitrogen and oxygen atoms in total. The van der Waals surface area contributed by atoms with Crippen molar-refractivity contribution in [2.45, 2.75) is 0 Å². The average Bonchev–Trinajstić information content (AvgIpc) is 3.11. The van der Waals surface area contributed by atoms with Gasteiger partial charge in [-0.15, -0.1) is 10.2 Å². The molecule has 1 aliphatic rings. The summed E-state index contributed by atoms with van der Waals surface area (Å²) >= 11 is 0. The third kappa shape index (κ3) is 2.57. The number of hydrogen-bond donors (Lipinski definition) is 2. The maximum Gasteiger partial charge on any atom is 0.274 e. The lowest BCUT2D eigenvalue weighted by molar-refractivity contribution is 0.0728. The first kappa shape index (κ1) is 13.9. The number of H-pyrrole nitrogens is 1. The lowest BCUT2D eigenvalue weighted by Crippen LogP contribution is -2.46. The Labute approximate surface area is 133 Å². The van der Waals surface area contributed by atoms with Crippen LogP contribution in [0.4, 0.5) is 0 Å². The molecule has 23 heavy (non-hydrogen) atoms. The SMILES string of the molecule is O=C(c1ccc(-c2cccc3[nH]ccc23)nn1)N1CCNCC1. The van der Waals surface area contributed by atoms with Crippen molar-refractivity contribution in [1.29, 1.82) is 0 Å². The van der Waals surface area contributed by atoms with Crippen LogP contribution in [0.3, 0.4) is 0 Å². The van der Waals surface area contributed by atoms with Gasteiger partial charge in [-0.1, -0.05) is 12.1 Å². The summed E-state index contributed by atoms with van der Waals surface area (Å²) in [6.45, 7) is 3.08. The van der Waals surface area contributed by atoms with Crippen LogP contribution >= 0.6 is 0 Å². The molecule has 0 spiro atoms. The number of fused-ring (bicyclic) bond motifs is 1. The lowest BCUT2D eigenvalue weighted by atomic mass is 10.1. The van der Waals surface area contributed by atoms with Crippen molar-refractivity contribution in [1.82, 2.24) is 25.4 Å². The number of rotatable bonds is 2. The molecule has 0 unspecified atom stereocenters. The van der Waals surface area contributed by atoms with Gasteiger partial charge >= 0.3 is 0 Å². The van der Waals surface area contributed by atoms with Crippen molar-refractivity contribution in [2.24, 2.45) is 0 Å². The zero-order chi connectivity index (χ0) is 15.6. The zero-order valence-electron chi connectivity index (χ0n) is 12.6. The molecule has 1 saturated heterocycles. The fraction of sp³-hybridized carbons (Fsp3) is 0.235. The van der Waals surface area contributed by atoms with Crippen LogP contribution in [0.25, 0.3) is 22.2 Å². The molecule has 0 bridgehead atoms. The fourth-order valence-corrected chi connectivity index (χ4v) is 2.93. The van der Waals surface area contributed by atoms with Crippen molar-refractivity contribution in [3.8, 4) is 11.3 Å². The van der Waals surface area contributed by atoms with Gasteiger partial charge in [0.2, 0.25) is 0 Å². The van der Waals surface area contributed by atoms with Gasteiger partial charge in [0, 0.05) is 48.8 Å². The van der Waals surface area contributed by atoms with E-state index in [4.69, 9.17) is 0 Å². The molecule has 6 heteroatoms. The van der Waals surface area contributed by atoms with Crippen molar-refractivity contribution in [3.63, 3.8) is 0 Å². The number of carbonyl (C=O) groups is 1. The number of hydrogen-bond acceptors (Lipinski definition) is 4. The largest absolute Gasteiger partial charge is 0.361 e. The van der Waals surface area contributed by atoms with Gasteiger partial charge in [-0.05, 0) is 24.3 Å². The number of nitrogens with one attached hydrogen (secondary N) is 2. The summed E-state index contributed by atoms with van der Waals surface area (Å²) in [5.41, 5.74) is 3.24. The Morgan fingerprint density at radius 3 is 2.70 bits per heavy atom. The molecule has 0 atom stereocenters. The summed E-state index contributed by atoms with van der Waals surface area (Å²) in [5, 5.41) is 12.8. The van der Waals surface area contributed by atoms with E-state index in [2.05, 4.69) is 20.5 Å². The third-order valence-corrected chi connectivity index (χ3v) is 4.16. The highest BCUT2D eigenvalue weighted by Gasteiger charge is 2.19. The van der Waals surface area contributed by atoms with Gasteiger partial charge in [0.25, 0.3) is 5.91 Å². The number of aromatic nitrogens is 3. The molecule has 116 valence electrons. The van der Waals surface area contributed by atoms with Gasteiger partial charge in [-0.2, -0.15) is 0 Å². The average molecular weight is 307 g/mol. The van der Waals surface area contributed by atoms with E-state index in [1.807, 2.05) is 41.4 Å². The smallest absolute Gasteiger partial charge is 0.274 e. The number of carbonyl (C=O) groups excluding carboxylic acids is 1. The van der Waals surface area contributed by atoms with Crippen LogP contribution in [-0.2, 0) is 0 Å². The Hall–Kier alpha value is -2.73. The second-order valence-electron chi connectivity index (χ2n) is 5.59. The Bertz CT molecular complexity index is 834. The summed E-state index contributed by atoms with van der Waals surface area (Å²) in [6, 6.07) is 11.7. The van der Waals surface area contributed by atoms with Crippen molar-refractivity contribution in [3.05, 3.63) is 48.3 Å². The molecule has 0 radical (unpaired) electrons. The molecule has 1 aliphatic heterocycles. The van der Waals surface area contributed by atoms with Gasteiger partial charge in [-0.25, -0.2) is 0 Å². The van der Waals surface area contributed by atoms with E-state index in [9.17, 15) is 4.79 Å². The maximum absolute atomic E-state index is 12.4. The second kappa shape index (κ2) is 5.81. The Morgan fingerprint density at radius 1 is 1.04 bits per heavy atom. The van der Waals surface area contributed by atoms with Gasteiger partial charge in [0.15, 0.2) is 5.69 Å². The Morgan fingerprint density at radius 2 is 1.91 bits per heavy atom. The van der Waals surface area contributed by atoms with Gasteiger partial charge < -0.3 is 15.2 Å². The van der Waals surface area contributed by atoms with Crippen molar-refractivity contribution >= 4 is 16.8 Å². The van der Waals surface area contributed by atoms with E-state index in [-0.39, 0.29) is 5.91 Å². The number of nitrogens with zero attached hydrogens (tertiary/aromatic N) is 3. The molecule has 1 fully saturated rings. The van der Waals surface area contributed by atoms with E-state index in [1.165, 1.54) is 0 Å². The summed E-state index contributed by atoms with van der Waals surface area (Å²) in [5.74, 6) is -0.0506. The fourth-order valence-electron chi connectivity index (χ4n) is 2.93. The lowest BCUT2D eigenvalue weighted by Gasteiger charge is -2.26. The normalized spacial score (nSPS) is 15.0. The monoisotopic (exact) mass is 307 g/mol. The molecule has 2 N–H and O–H groups in total. The molecule has 0 saturated carbocycles. The van der Waals surface area contributed by atoms with E-state index in [1.54, 1.807) is 6.07 Å². The first-order valence-corrected chi connectivity index (χ1v) is 7.73. The zero-order valence-corrected chi connectivity index (χ0v) is 12.6. The molecule has 1 aromatic carbocycles. The first-order chi connectivity index (χ1) is 11.3. The van der Waals surface area contributed by atoms with Crippen LogP contribution < -0.4 is 5.32 Å². The number of piperazine rings is 1. The highest BCUT2D eigenvalue weighted by molar-refractivity contribution is 5.95. The van der Waals surface area contributed by atoms with Gasteiger partial charge in [0.1, 0.15) is 0 Å². The number of aromatic amines is 1. The van der Waals surface area contributed by atoms with Crippen LogP contribution in [0.15, 0.2) is 42.6 Å². The third-order valence-electron chi connectivity index (χ3n) is 4.16. The van der Waals surface area contributed by atoms with Gasteiger partial charge in [0.05, 0.1) is 5.69 Å². The predicted molar refractivity (Wildman–Crippen MR) is 88.1 cm³/mol. The van der Waals surface area contributed by atoms with Crippen LogP contribution in [0.5, 0.6) is 0 Å². The molecule has 3 aromatic rings. The summed E-state index contributed by atoms with van der Waals surface area (Å²) < 4.78 is 0. The quantitative estimate of drug-likeness (QED) is 0.755.